The lowest BCUT2D eigenvalue weighted by atomic mass is 10.1. The Morgan fingerprint density at radius 2 is 1.87 bits per heavy atom. The number of hydrogen-bond donors (Lipinski definition) is 2. The van der Waals surface area contributed by atoms with Crippen LogP contribution in [-0.4, -0.2) is 29.9 Å². The lowest BCUT2D eigenvalue weighted by molar-refractivity contribution is -0.120. The van der Waals surface area contributed by atoms with Gasteiger partial charge in [0.2, 0.25) is 5.91 Å². The van der Waals surface area contributed by atoms with Gasteiger partial charge in [-0.15, -0.1) is 11.3 Å². The highest BCUT2D eigenvalue weighted by atomic mass is 32.1. The van der Waals surface area contributed by atoms with Crippen LogP contribution in [0.4, 0.5) is 0 Å². The van der Waals surface area contributed by atoms with Crippen molar-refractivity contribution in [1.29, 1.82) is 0 Å². The Balaban J connectivity index is 1.95. The van der Waals surface area contributed by atoms with Gasteiger partial charge in [-0.1, -0.05) is 38.1 Å². The molecule has 2 amide bonds. The van der Waals surface area contributed by atoms with Crippen molar-refractivity contribution in [2.24, 2.45) is 0 Å². The van der Waals surface area contributed by atoms with Gasteiger partial charge in [-0.2, -0.15) is 0 Å². The molecule has 0 atom stereocenters. The van der Waals surface area contributed by atoms with E-state index in [9.17, 15) is 9.59 Å². The Hall–Kier alpha value is -2.21. The summed E-state index contributed by atoms with van der Waals surface area (Å²) in [6.07, 6.45) is 1.86. The third kappa shape index (κ3) is 4.89. The van der Waals surface area contributed by atoms with E-state index < -0.39 is 0 Å². The lowest BCUT2D eigenvalue weighted by Crippen LogP contribution is -2.37. The molecule has 1 aromatic carbocycles. The van der Waals surface area contributed by atoms with Gasteiger partial charge in [0.15, 0.2) is 0 Å². The molecule has 0 aliphatic carbocycles. The number of aromatic nitrogens is 1. The zero-order valence-electron chi connectivity index (χ0n) is 13.4. The monoisotopic (exact) mass is 331 g/mol. The second-order valence-corrected chi connectivity index (χ2v) is 5.98. The zero-order chi connectivity index (χ0) is 16.7. The molecule has 0 bridgehead atoms. The molecule has 0 fully saturated rings. The number of nitrogens with zero attached hydrogens (tertiary/aromatic N) is 1. The third-order valence-corrected chi connectivity index (χ3v) is 4.22. The highest BCUT2D eigenvalue weighted by molar-refractivity contribution is 7.13. The van der Waals surface area contributed by atoms with Crippen molar-refractivity contribution in [3.8, 4) is 10.6 Å². The van der Waals surface area contributed by atoms with Gasteiger partial charge < -0.3 is 10.6 Å². The summed E-state index contributed by atoms with van der Waals surface area (Å²) in [7, 11) is 0. The minimum absolute atomic E-state index is 0.0309. The summed E-state index contributed by atoms with van der Waals surface area (Å²) in [5, 5.41) is 7.80. The average molecular weight is 331 g/mol. The van der Waals surface area contributed by atoms with Crippen LogP contribution in [0.5, 0.6) is 0 Å². The molecule has 23 heavy (non-hydrogen) atoms. The molecular formula is C17H21N3O2S. The maximum atomic E-state index is 12.0. The van der Waals surface area contributed by atoms with Crippen LogP contribution in [0, 0.1) is 0 Å². The second-order valence-electron chi connectivity index (χ2n) is 5.12. The fourth-order valence-corrected chi connectivity index (χ4v) is 2.78. The van der Waals surface area contributed by atoms with Gasteiger partial charge in [0.05, 0.1) is 6.54 Å². The maximum Gasteiger partial charge on any atom is 0.271 e. The number of benzene rings is 1. The number of nitrogens with one attached hydrogen (secondary N) is 2. The molecule has 2 rings (SSSR count). The predicted octanol–water partition coefficient (Wildman–Crippen LogP) is 2.63. The highest BCUT2D eigenvalue weighted by Gasteiger charge is 2.12. The molecular weight excluding hydrogens is 310 g/mol. The number of hydrogen-bond acceptors (Lipinski definition) is 4. The van der Waals surface area contributed by atoms with Crippen molar-refractivity contribution in [3.63, 3.8) is 0 Å². The van der Waals surface area contributed by atoms with Gasteiger partial charge in [-0.05, 0) is 18.4 Å². The quantitative estimate of drug-likeness (QED) is 0.819. The van der Waals surface area contributed by atoms with Gasteiger partial charge in [0, 0.05) is 17.5 Å². The second kappa shape index (κ2) is 8.43. The minimum atomic E-state index is -0.329. The smallest absolute Gasteiger partial charge is 0.271 e. The molecule has 0 aliphatic rings. The molecule has 1 heterocycles. The first kappa shape index (κ1) is 17.1. The number of rotatable bonds is 7. The van der Waals surface area contributed by atoms with Crippen molar-refractivity contribution >= 4 is 23.2 Å². The van der Waals surface area contributed by atoms with Crippen LogP contribution in [-0.2, 0) is 11.2 Å². The molecule has 5 nitrogen and oxygen atoms in total. The van der Waals surface area contributed by atoms with Crippen molar-refractivity contribution in [3.05, 3.63) is 40.9 Å². The van der Waals surface area contributed by atoms with Crippen LogP contribution in [0.3, 0.4) is 0 Å². The summed E-state index contributed by atoms with van der Waals surface area (Å²) in [6, 6.07) is 8.15. The molecule has 0 saturated carbocycles. The van der Waals surface area contributed by atoms with Gasteiger partial charge in [-0.3, -0.25) is 9.59 Å². The molecule has 0 unspecified atom stereocenters. The minimum Gasteiger partial charge on any atom is -0.355 e. The molecule has 1 aromatic heterocycles. The zero-order valence-corrected chi connectivity index (χ0v) is 14.2. The van der Waals surface area contributed by atoms with E-state index in [0.717, 1.165) is 23.4 Å². The highest BCUT2D eigenvalue weighted by Crippen LogP contribution is 2.24. The predicted molar refractivity (Wildman–Crippen MR) is 92.6 cm³/mol. The van der Waals surface area contributed by atoms with Crippen LogP contribution < -0.4 is 10.6 Å². The summed E-state index contributed by atoms with van der Waals surface area (Å²) in [4.78, 5) is 27.9. The molecule has 2 N–H and O–H groups in total. The topological polar surface area (TPSA) is 71.1 Å². The van der Waals surface area contributed by atoms with Gasteiger partial charge in [0.25, 0.3) is 5.91 Å². The van der Waals surface area contributed by atoms with E-state index in [1.165, 1.54) is 16.9 Å². The molecule has 6 heteroatoms. The Morgan fingerprint density at radius 3 is 2.52 bits per heavy atom. The van der Waals surface area contributed by atoms with Crippen LogP contribution in [0.15, 0.2) is 29.6 Å². The summed E-state index contributed by atoms with van der Waals surface area (Å²) < 4.78 is 0. The lowest BCUT2D eigenvalue weighted by Gasteiger charge is -2.04. The standard InChI is InChI=1S/C17H21N3O2S/c1-3-9-18-15(21)10-19-16(22)14-11-23-17(20-14)13-7-5-12(4-2)6-8-13/h5-8,11H,3-4,9-10H2,1-2H3,(H,18,21)(H,19,22). The Kier molecular flexibility index (Phi) is 6.29. The number of carbonyl (C=O) groups is 2. The van der Waals surface area contributed by atoms with E-state index in [1.807, 2.05) is 19.1 Å². The van der Waals surface area contributed by atoms with Crippen molar-refractivity contribution in [2.45, 2.75) is 26.7 Å². The summed E-state index contributed by atoms with van der Waals surface area (Å²) in [5.74, 6) is -0.518. The van der Waals surface area contributed by atoms with E-state index >= 15 is 0 Å². The first-order chi connectivity index (χ1) is 11.1. The third-order valence-electron chi connectivity index (χ3n) is 3.33. The molecule has 0 aliphatic heterocycles. The Bertz CT molecular complexity index is 665. The van der Waals surface area contributed by atoms with Crippen molar-refractivity contribution < 1.29 is 9.59 Å². The first-order valence-electron chi connectivity index (χ1n) is 7.73. The average Bonchev–Trinajstić information content (AvgIpc) is 3.08. The van der Waals surface area contributed by atoms with Crippen molar-refractivity contribution in [1.82, 2.24) is 15.6 Å². The van der Waals surface area contributed by atoms with Crippen LogP contribution >= 0.6 is 11.3 Å². The number of carbonyl (C=O) groups excluding carboxylic acids is 2. The van der Waals surface area contributed by atoms with E-state index in [0.29, 0.717) is 12.2 Å². The van der Waals surface area contributed by atoms with E-state index in [2.05, 4.69) is 34.7 Å². The summed E-state index contributed by atoms with van der Waals surface area (Å²) >= 11 is 1.42. The van der Waals surface area contributed by atoms with Crippen LogP contribution in [0.1, 0.15) is 36.3 Å². The number of aryl methyl sites for hydroxylation is 1. The van der Waals surface area contributed by atoms with Gasteiger partial charge in [-0.25, -0.2) is 4.98 Å². The van der Waals surface area contributed by atoms with E-state index in [1.54, 1.807) is 5.38 Å². The Morgan fingerprint density at radius 1 is 1.13 bits per heavy atom. The van der Waals surface area contributed by atoms with E-state index in [4.69, 9.17) is 0 Å². The van der Waals surface area contributed by atoms with Crippen molar-refractivity contribution in [2.75, 3.05) is 13.1 Å². The van der Waals surface area contributed by atoms with Crippen LogP contribution in [0.2, 0.25) is 0 Å². The molecule has 0 saturated heterocycles. The Labute approximate surface area is 140 Å². The molecule has 122 valence electrons. The molecule has 0 spiro atoms. The largest absolute Gasteiger partial charge is 0.355 e. The number of amides is 2. The molecule has 0 radical (unpaired) electrons. The maximum absolute atomic E-state index is 12.0. The summed E-state index contributed by atoms with van der Waals surface area (Å²) in [5.41, 5.74) is 2.60. The molecule has 2 aromatic rings. The number of thiazole rings is 1. The van der Waals surface area contributed by atoms with Crippen LogP contribution in [0.25, 0.3) is 10.6 Å². The van der Waals surface area contributed by atoms with Gasteiger partial charge >= 0.3 is 0 Å². The van der Waals surface area contributed by atoms with Gasteiger partial charge in [0.1, 0.15) is 10.7 Å². The fraction of sp³-hybridized carbons (Fsp3) is 0.353. The SMILES string of the molecule is CCCNC(=O)CNC(=O)c1csc(-c2ccc(CC)cc2)n1. The first-order valence-corrected chi connectivity index (χ1v) is 8.61. The van der Waals surface area contributed by atoms with E-state index in [-0.39, 0.29) is 18.4 Å². The summed E-state index contributed by atoms with van der Waals surface area (Å²) in [6.45, 7) is 4.67. The fourth-order valence-electron chi connectivity index (χ4n) is 1.97. The normalized spacial score (nSPS) is 10.3.